The van der Waals surface area contributed by atoms with Gasteiger partial charge in [-0.2, -0.15) is 0 Å². The Morgan fingerprint density at radius 1 is 1.26 bits per heavy atom. The summed E-state index contributed by atoms with van der Waals surface area (Å²) < 4.78 is 46.7. The van der Waals surface area contributed by atoms with Crippen molar-refractivity contribution in [2.24, 2.45) is 5.14 Å². The minimum atomic E-state index is -4.06. The summed E-state index contributed by atoms with van der Waals surface area (Å²) >= 11 is 0. The van der Waals surface area contributed by atoms with E-state index in [2.05, 4.69) is 4.98 Å². The molecular weight excluding hydrogens is 294 g/mol. The number of primary sulfonamides is 1. The first kappa shape index (κ1) is 14.2. The van der Waals surface area contributed by atoms with Crippen molar-refractivity contribution in [1.82, 2.24) is 9.55 Å². The Hall–Kier alpha value is -1.26. The molecule has 0 aromatic carbocycles. The van der Waals surface area contributed by atoms with E-state index in [4.69, 9.17) is 5.14 Å². The van der Waals surface area contributed by atoms with E-state index < -0.39 is 42.0 Å². The van der Waals surface area contributed by atoms with Crippen LogP contribution in [0.2, 0.25) is 0 Å². The minimum Gasteiger partial charge on any atom is -0.308 e. The zero-order chi connectivity index (χ0) is 14.3. The van der Waals surface area contributed by atoms with Crippen LogP contribution >= 0.6 is 0 Å². The Morgan fingerprint density at radius 3 is 2.42 bits per heavy atom. The van der Waals surface area contributed by atoms with Gasteiger partial charge in [0.05, 0.1) is 11.5 Å². The van der Waals surface area contributed by atoms with Crippen LogP contribution in [-0.4, -0.2) is 37.9 Å². The molecule has 1 aliphatic carbocycles. The van der Waals surface area contributed by atoms with Gasteiger partial charge in [0.15, 0.2) is 0 Å². The lowest BCUT2D eigenvalue weighted by molar-refractivity contribution is 0.579. The van der Waals surface area contributed by atoms with Crippen molar-refractivity contribution in [2.45, 2.75) is 23.9 Å². The van der Waals surface area contributed by atoms with Gasteiger partial charge in [-0.3, -0.25) is 4.79 Å². The molecule has 1 heterocycles. The number of hydrogen-bond acceptors (Lipinski definition) is 6. The van der Waals surface area contributed by atoms with E-state index in [9.17, 15) is 21.6 Å². The van der Waals surface area contributed by atoms with Crippen molar-refractivity contribution in [3.63, 3.8) is 0 Å². The Kier molecular flexibility index (Phi) is 3.49. The van der Waals surface area contributed by atoms with Gasteiger partial charge in [-0.05, 0) is 12.8 Å². The smallest absolute Gasteiger partial charge is 0.288 e. The van der Waals surface area contributed by atoms with E-state index in [1.54, 1.807) is 0 Å². The van der Waals surface area contributed by atoms with Crippen LogP contribution in [0.4, 0.5) is 0 Å². The molecule has 0 spiro atoms. The third kappa shape index (κ3) is 3.39. The molecule has 2 rings (SSSR count). The summed E-state index contributed by atoms with van der Waals surface area (Å²) in [5.74, 6) is -1.49. The van der Waals surface area contributed by atoms with Crippen molar-refractivity contribution < 1.29 is 16.8 Å². The minimum absolute atomic E-state index is 0.0164. The van der Waals surface area contributed by atoms with Crippen LogP contribution < -0.4 is 10.7 Å². The van der Waals surface area contributed by atoms with Crippen LogP contribution in [0, 0.1) is 0 Å². The molecule has 1 aliphatic rings. The van der Waals surface area contributed by atoms with Crippen LogP contribution in [0.25, 0.3) is 0 Å². The molecule has 2 N–H and O–H groups in total. The first-order valence-corrected chi connectivity index (χ1v) is 8.88. The fraction of sp³-hybridized carbons (Fsp3) is 0.556. The van der Waals surface area contributed by atoms with Crippen molar-refractivity contribution in [3.8, 4) is 0 Å². The molecule has 10 heteroatoms. The first-order valence-electron chi connectivity index (χ1n) is 5.51. The second-order valence-corrected chi connectivity index (χ2v) is 8.12. The fourth-order valence-electron chi connectivity index (χ4n) is 1.58. The van der Waals surface area contributed by atoms with Crippen LogP contribution in [0.1, 0.15) is 18.9 Å². The van der Waals surface area contributed by atoms with Crippen molar-refractivity contribution >= 4 is 19.9 Å². The first-order chi connectivity index (χ1) is 8.71. The quantitative estimate of drug-likeness (QED) is 0.715. The Balaban J connectivity index is 2.35. The molecule has 0 aliphatic heterocycles. The SMILES string of the molecule is NS(=O)(=O)CCS(=O)(=O)c1nccn(C2CC2)c1=O. The van der Waals surface area contributed by atoms with E-state index in [0.29, 0.717) is 0 Å². The monoisotopic (exact) mass is 307 g/mol. The maximum absolute atomic E-state index is 12.0. The summed E-state index contributed by atoms with van der Waals surface area (Å²) in [5, 5.41) is 4.13. The maximum atomic E-state index is 12.0. The summed E-state index contributed by atoms with van der Waals surface area (Å²) in [7, 11) is -7.96. The van der Waals surface area contributed by atoms with Gasteiger partial charge in [-0.25, -0.2) is 27.0 Å². The average Bonchev–Trinajstić information content (AvgIpc) is 3.10. The molecule has 19 heavy (non-hydrogen) atoms. The number of sulfone groups is 1. The van der Waals surface area contributed by atoms with Gasteiger partial charge in [0, 0.05) is 18.4 Å². The Bertz CT molecular complexity index is 746. The number of sulfonamides is 1. The molecule has 1 aromatic heterocycles. The molecule has 0 unspecified atom stereocenters. The molecule has 8 nitrogen and oxygen atoms in total. The second kappa shape index (κ2) is 4.69. The highest BCUT2D eigenvalue weighted by Gasteiger charge is 2.29. The summed E-state index contributed by atoms with van der Waals surface area (Å²) in [4.78, 5) is 15.5. The molecule has 0 amide bonds. The molecule has 0 saturated heterocycles. The fourth-order valence-corrected chi connectivity index (χ4v) is 4.18. The molecule has 0 atom stereocenters. The van der Waals surface area contributed by atoms with Crippen LogP contribution in [0.3, 0.4) is 0 Å². The number of hydrogen-bond donors (Lipinski definition) is 1. The maximum Gasteiger partial charge on any atom is 0.288 e. The van der Waals surface area contributed by atoms with E-state index in [1.165, 1.54) is 17.0 Å². The number of nitrogens with zero attached hydrogens (tertiary/aromatic N) is 2. The van der Waals surface area contributed by atoms with Gasteiger partial charge in [-0.1, -0.05) is 0 Å². The lowest BCUT2D eigenvalue weighted by Crippen LogP contribution is -2.30. The van der Waals surface area contributed by atoms with Crippen LogP contribution in [-0.2, 0) is 19.9 Å². The van der Waals surface area contributed by atoms with E-state index in [1.807, 2.05) is 0 Å². The molecule has 0 bridgehead atoms. The van der Waals surface area contributed by atoms with Crippen LogP contribution in [0.5, 0.6) is 0 Å². The highest BCUT2D eigenvalue weighted by Crippen LogP contribution is 2.33. The van der Waals surface area contributed by atoms with Crippen molar-refractivity contribution in [1.29, 1.82) is 0 Å². The number of rotatable bonds is 5. The summed E-state index contributed by atoms with van der Waals surface area (Å²) in [5.41, 5.74) is -0.709. The number of aromatic nitrogens is 2. The third-order valence-corrected chi connectivity index (χ3v) is 5.35. The molecule has 106 valence electrons. The molecular formula is C9H13N3O5S2. The highest BCUT2D eigenvalue weighted by atomic mass is 32.2. The lowest BCUT2D eigenvalue weighted by atomic mass is 10.6. The zero-order valence-corrected chi connectivity index (χ0v) is 11.5. The normalized spacial score (nSPS) is 16.5. The summed E-state index contributed by atoms with van der Waals surface area (Å²) in [6, 6.07) is 0.0164. The van der Waals surface area contributed by atoms with Gasteiger partial charge in [-0.15, -0.1) is 0 Å². The molecule has 1 fully saturated rings. The van der Waals surface area contributed by atoms with Gasteiger partial charge in [0.1, 0.15) is 0 Å². The predicted octanol–water partition coefficient (Wildman–Crippen LogP) is -1.36. The van der Waals surface area contributed by atoms with Gasteiger partial charge < -0.3 is 4.57 Å². The van der Waals surface area contributed by atoms with Gasteiger partial charge in [0.25, 0.3) is 5.56 Å². The summed E-state index contributed by atoms with van der Waals surface area (Å²) in [6.45, 7) is 0. The topological polar surface area (TPSA) is 129 Å². The van der Waals surface area contributed by atoms with E-state index in [-0.39, 0.29) is 6.04 Å². The van der Waals surface area contributed by atoms with Crippen LogP contribution in [0.15, 0.2) is 22.2 Å². The van der Waals surface area contributed by atoms with Gasteiger partial charge >= 0.3 is 0 Å². The standard InChI is InChI=1S/C9H13N3O5S2/c10-19(16,17)6-5-18(14,15)8-9(13)12(4-3-11-8)7-1-2-7/h3-4,7H,1-2,5-6H2,(H2,10,16,17). The average molecular weight is 307 g/mol. The molecule has 0 radical (unpaired) electrons. The van der Waals surface area contributed by atoms with Crippen molar-refractivity contribution in [3.05, 3.63) is 22.7 Å². The Morgan fingerprint density at radius 2 is 1.89 bits per heavy atom. The third-order valence-electron chi connectivity index (χ3n) is 2.71. The summed E-state index contributed by atoms with van der Waals surface area (Å²) in [6.07, 6.45) is 4.30. The van der Waals surface area contributed by atoms with Gasteiger partial charge in [0.2, 0.25) is 24.9 Å². The van der Waals surface area contributed by atoms with E-state index >= 15 is 0 Å². The lowest BCUT2D eigenvalue weighted by Gasteiger charge is -2.06. The van der Waals surface area contributed by atoms with Crippen molar-refractivity contribution in [2.75, 3.05) is 11.5 Å². The zero-order valence-electron chi connectivity index (χ0n) is 9.89. The Labute approximate surface area is 110 Å². The largest absolute Gasteiger partial charge is 0.308 e. The predicted molar refractivity (Wildman–Crippen MR) is 66.8 cm³/mol. The highest BCUT2D eigenvalue weighted by molar-refractivity contribution is 7.94. The molecule has 1 aromatic rings. The van der Waals surface area contributed by atoms with E-state index in [0.717, 1.165) is 12.8 Å². The number of nitrogens with two attached hydrogens (primary N) is 1. The molecule has 1 saturated carbocycles. The second-order valence-electron chi connectivity index (χ2n) is 4.36.